The molecule has 1 aliphatic carbocycles. The van der Waals surface area contributed by atoms with Gasteiger partial charge in [0.15, 0.2) is 0 Å². The molecule has 19 heavy (non-hydrogen) atoms. The average molecular weight is 284 g/mol. The number of piperidine rings is 1. The van der Waals surface area contributed by atoms with Crippen molar-refractivity contribution in [3.63, 3.8) is 0 Å². The molecule has 2 N–H and O–H groups in total. The first-order chi connectivity index (χ1) is 9.01. The van der Waals surface area contributed by atoms with Gasteiger partial charge in [-0.25, -0.2) is 0 Å². The van der Waals surface area contributed by atoms with E-state index in [2.05, 4.69) is 6.92 Å². The van der Waals surface area contributed by atoms with Crippen LogP contribution < -0.4 is 5.73 Å². The van der Waals surface area contributed by atoms with E-state index in [9.17, 15) is 4.79 Å². The molecule has 0 radical (unpaired) electrons. The molecule has 1 aliphatic heterocycles. The number of thiocarbonyl (C=S) groups is 1. The number of ether oxygens (including phenoxy) is 1. The van der Waals surface area contributed by atoms with Crippen LogP contribution in [0.3, 0.4) is 0 Å². The highest BCUT2D eigenvalue weighted by molar-refractivity contribution is 7.80. The largest absolute Gasteiger partial charge is 0.392 e. The van der Waals surface area contributed by atoms with E-state index >= 15 is 0 Å². The Balaban J connectivity index is 2.12. The molecule has 0 bridgehead atoms. The predicted octanol–water partition coefficient (Wildman–Crippen LogP) is 1.72. The SMILES string of the molecule is COC1CN(C(=O)C2(C(N)=S)CCCC2)CCC1C. The van der Waals surface area contributed by atoms with E-state index in [4.69, 9.17) is 22.7 Å². The molecule has 2 unspecified atom stereocenters. The van der Waals surface area contributed by atoms with Crippen molar-refractivity contribution in [3.8, 4) is 0 Å². The summed E-state index contributed by atoms with van der Waals surface area (Å²) in [6.45, 7) is 3.64. The van der Waals surface area contributed by atoms with Crippen LogP contribution in [0, 0.1) is 11.3 Å². The van der Waals surface area contributed by atoms with Crippen LogP contribution in [-0.2, 0) is 9.53 Å². The van der Waals surface area contributed by atoms with Gasteiger partial charge in [0.2, 0.25) is 5.91 Å². The fourth-order valence-electron chi connectivity index (χ4n) is 3.37. The van der Waals surface area contributed by atoms with Crippen molar-refractivity contribution in [2.45, 2.75) is 45.1 Å². The molecule has 0 aromatic rings. The van der Waals surface area contributed by atoms with Gasteiger partial charge in [-0.3, -0.25) is 4.79 Å². The zero-order chi connectivity index (χ0) is 14.0. The van der Waals surface area contributed by atoms with Crippen molar-refractivity contribution in [1.82, 2.24) is 4.90 Å². The lowest BCUT2D eigenvalue weighted by atomic mass is 9.83. The van der Waals surface area contributed by atoms with E-state index in [0.717, 1.165) is 38.6 Å². The summed E-state index contributed by atoms with van der Waals surface area (Å²) in [5.74, 6) is 0.629. The standard InChI is InChI=1S/C14H24N2O2S/c1-10-5-8-16(9-11(10)18-2)13(17)14(12(15)19)6-3-4-7-14/h10-11H,3-9H2,1-2H3,(H2,15,19). The fraction of sp³-hybridized carbons (Fsp3) is 0.857. The smallest absolute Gasteiger partial charge is 0.235 e. The van der Waals surface area contributed by atoms with Gasteiger partial charge in [0, 0.05) is 20.2 Å². The Labute approximate surface area is 120 Å². The molecule has 1 saturated heterocycles. The average Bonchev–Trinajstić information content (AvgIpc) is 2.89. The molecule has 1 heterocycles. The molecule has 5 heteroatoms. The van der Waals surface area contributed by atoms with Crippen molar-refractivity contribution in [1.29, 1.82) is 0 Å². The second kappa shape index (κ2) is 5.75. The highest BCUT2D eigenvalue weighted by atomic mass is 32.1. The number of hydrogen-bond acceptors (Lipinski definition) is 3. The molecule has 0 aromatic carbocycles. The summed E-state index contributed by atoms with van der Waals surface area (Å²) in [6, 6.07) is 0. The first-order valence-electron chi connectivity index (χ1n) is 7.13. The predicted molar refractivity (Wildman–Crippen MR) is 78.8 cm³/mol. The Bertz CT molecular complexity index is 366. The quantitative estimate of drug-likeness (QED) is 0.802. The van der Waals surface area contributed by atoms with Gasteiger partial charge in [-0.1, -0.05) is 32.0 Å². The minimum atomic E-state index is -0.575. The Morgan fingerprint density at radius 1 is 1.42 bits per heavy atom. The third-order valence-electron chi connectivity index (χ3n) is 4.82. The number of hydrogen-bond donors (Lipinski definition) is 1. The number of likely N-dealkylation sites (tertiary alicyclic amines) is 1. The molecule has 2 fully saturated rings. The van der Waals surface area contributed by atoms with E-state index in [1.54, 1.807) is 7.11 Å². The van der Waals surface area contributed by atoms with Crippen molar-refractivity contribution in [3.05, 3.63) is 0 Å². The molecule has 0 spiro atoms. The Morgan fingerprint density at radius 3 is 2.58 bits per heavy atom. The van der Waals surface area contributed by atoms with Gasteiger partial charge in [-0.15, -0.1) is 0 Å². The summed E-state index contributed by atoms with van der Waals surface area (Å²) in [4.78, 5) is 15.1. The lowest BCUT2D eigenvalue weighted by Crippen LogP contribution is -2.54. The Kier molecular flexibility index (Phi) is 4.46. The molecule has 2 atom stereocenters. The van der Waals surface area contributed by atoms with Gasteiger partial charge in [0.1, 0.15) is 0 Å². The van der Waals surface area contributed by atoms with E-state index in [1.165, 1.54) is 0 Å². The van der Waals surface area contributed by atoms with E-state index < -0.39 is 5.41 Å². The maximum Gasteiger partial charge on any atom is 0.235 e. The van der Waals surface area contributed by atoms with Gasteiger partial charge in [0.25, 0.3) is 0 Å². The molecule has 4 nitrogen and oxygen atoms in total. The Morgan fingerprint density at radius 2 is 2.05 bits per heavy atom. The topological polar surface area (TPSA) is 55.6 Å². The summed E-state index contributed by atoms with van der Waals surface area (Å²) in [5.41, 5.74) is 5.31. The third kappa shape index (κ3) is 2.63. The fourth-order valence-corrected chi connectivity index (χ4v) is 3.66. The molecular weight excluding hydrogens is 260 g/mol. The third-order valence-corrected chi connectivity index (χ3v) is 5.21. The highest BCUT2D eigenvalue weighted by Crippen LogP contribution is 2.41. The molecule has 108 valence electrons. The van der Waals surface area contributed by atoms with Crippen LogP contribution in [0.15, 0.2) is 0 Å². The van der Waals surface area contributed by atoms with Crippen molar-refractivity contribution in [2.24, 2.45) is 17.1 Å². The normalized spacial score (nSPS) is 30.3. The first kappa shape index (κ1) is 14.7. The van der Waals surface area contributed by atoms with Crippen LogP contribution >= 0.6 is 12.2 Å². The number of carbonyl (C=O) groups excluding carboxylic acids is 1. The maximum atomic E-state index is 12.8. The van der Waals surface area contributed by atoms with Crippen molar-refractivity contribution < 1.29 is 9.53 Å². The van der Waals surface area contributed by atoms with Crippen LogP contribution in [0.25, 0.3) is 0 Å². The lowest BCUT2D eigenvalue weighted by molar-refractivity contribution is -0.143. The van der Waals surface area contributed by atoms with Crippen molar-refractivity contribution in [2.75, 3.05) is 20.2 Å². The molecule has 1 saturated carbocycles. The highest BCUT2D eigenvalue weighted by Gasteiger charge is 2.47. The van der Waals surface area contributed by atoms with Gasteiger partial charge in [0.05, 0.1) is 16.5 Å². The first-order valence-corrected chi connectivity index (χ1v) is 7.54. The molecule has 2 aliphatic rings. The number of methoxy groups -OCH3 is 1. The summed E-state index contributed by atoms with van der Waals surface area (Å²) in [6.07, 6.45) is 4.82. The molecular formula is C14H24N2O2S. The number of amides is 1. The van der Waals surface area contributed by atoms with Gasteiger partial charge >= 0.3 is 0 Å². The lowest BCUT2D eigenvalue weighted by Gasteiger charge is -2.40. The molecule has 0 aromatic heterocycles. The van der Waals surface area contributed by atoms with Crippen LogP contribution in [0.1, 0.15) is 39.0 Å². The zero-order valence-electron chi connectivity index (χ0n) is 11.9. The van der Waals surface area contributed by atoms with Crippen LogP contribution in [-0.4, -0.2) is 42.1 Å². The van der Waals surface area contributed by atoms with Crippen LogP contribution in [0.5, 0.6) is 0 Å². The maximum absolute atomic E-state index is 12.8. The van der Waals surface area contributed by atoms with E-state index in [0.29, 0.717) is 17.5 Å². The van der Waals surface area contributed by atoms with Crippen LogP contribution in [0.4, 0.5) is 0 Å². The summed E-state index contributed by atoms with van der Waals surface area (Å²) >= 11 is 5.19. The number of nitrogens with two attached hydrogens (primary N) is 1. The second-order valence-corrected chi connectivity index (χ2v) is 6.38. The summed E-state index contributed by atoms with van der Waals surface area (Å²) in [7, 11) is 1.72. The van der Waals surface area contributed by atoms with Gasteiger partial charge in [-0.05, 0) is 25.2 Å². The van der Waals surface area contributed by atoms with E-state index in [-0.39, 0.29) is 12.0 Å². The van der Waals surface area contributed by atoms with E-state index in [1.807, 2.05) is 4.90 Å². The monoisotopic (exact) mass is 284 g/mol. The summed E-state index contributed by atoms with van der Waals surface area (Å²) in [5, 5.41) is 0. The van der Waals surface area contributed by atoms with Crippen LogP contribution in [0.2, 0.25) is 0 Å². The van der Waals surface area contributed by atoms with Gasteiger partial charge in [-0.2, -0.15) is 0 Å². The minimum absolute atomic E-state index is 0.127. The summed E-state index contributed by atoms with van der Waals surface area (Å²) < 4.78 is 5.48. The van der Waals surface area contributed by atoms with Crippen molar-refractivity contribution >= 4 is 23.1 Å². The Hall–Kier alpha value is -0.680. The number of rotatable bonds is 3. The number of carbonyl (C=O) groups is 1. The zero-order valence-corrected chi connectivity index (χ0v) is 12.7. The second-order valence-electron chi connectivity index (χ2n) is 5.94. The molecule has 1 amide bonds. The number of nitrogens with zero attached hydrogens (tertiary/aromatic N) is 1. The minimum Gasteiger partial charge on any atom is -0.392 e. The molecule has 2 rings (SSSR count). The van der Waals surface area contributed by atoms with Gasteiger partial charge < -0.3 is 15.4 Å².